The van der Waals surface area contributed by atoms with Crippen molar-refractivity contribution in [2.24, 2.45) is 10.9 Å². The minimum absolute atomic E-state index is 0.242. The third-order valence-electron chi connectivity index (χ3n) is 7.78. The summed E-state index contributed by atoms with van der Waals surface area (Å²) >= 11 is 0. The fraction of sp³-hybridized carbons (Fsp3) is 0.654. The molecule has 2 atom stereocenters. The molecular weight excluding hydrogens is 431 g/mol. The van der Waals surface area contributed by atoms with E-state index in [0.29, 0.717) is 17.8 Å². The molecule has 2 unspecified atom stereocenters. The van der Waals surface area contributed by atoms with E-state index in [1.807, 2.05) is 12.3 Å². The molecular formula is C26H39FN6O. The van der Waals surface area contributed by atoms with Gasteiger partial charge in [-0.2, -0.15) is 5.01 Å². The number of fused-ring (bicyclic) bond motifs is 1. The van der Waals surface area contributed by atoms with Crippen molar-refractivity contribution in [3.05, 3.63) is 36.0 Å². The monoisotopic (exact) mass is 470 g/mol. The molecule has 2 aliphatic heterocycles. The highest BCUT2D eigenvalue weighted by atomic mass is 19.1. The quantitative estimate of drug-likeness (QED) is 0.520. The molecule has 0 bridgehead atoms. The minimum atomic E-state index is -0.382. The van der Waals surface area contributed by atoms with E-state index in [4.69, 9.17) is 9.73 Å². The van der Waals surface area contributed by atoms with Gasteiger partial charge in [0.15, 0.2) is 11.6 Å². The first-order valence-electron chi connectivity index (χ1n) is 13.2. The van der Waals surface area contributed by atoms with Crippen molar-refractivity contribution in [3.8, 4) is 5.75 Å². The zero-order valence-corrected chi connectivity index (χ0v) is 20.4. The molecule has 2 heterocycles. The SMILES string of the molecule is COc1ccc(NC2=CN(N3CCCC4CCCCC43)NC(=NC3CCCCCC3)N2)cc1F. The average molecular weight is 471 g/mol. The smallest absolute Gasteiger partial charge is 0.217 e. The Morgan fingerprint density at radius 1 is 1.00 bits per heavy atom. The van der Waals surface area contributed by atoms with Crippen LogP contribution in [0, 0.1) is 11.7 Å². The number of hydrogen-bond donors (Lipinski definition) is 3. The maximum Gasteiger partial charge on any atom is 0.217 e. The van der Waals surface area contributed by atoms with Crippen LogP contribution in [-0.4, -0.2) is 41.8 Å². The van der Waals surface area contributed by atoms with Crippen molar-refractivity contribution in [1.82, 2.24) is 20.9 Å². The van der Waals surface area contributed by atoms with E-state index in [-0.39, 0.29) is 11.6 Å². The normalized spacial score (nSPS) is 27.8. The number of hydrazine groups is 2. The molecule has 0 radical (unpaired) electrons. The standard InChI is InChI=1S/C26H39FN6O/c1-34-24-15-14-21(17-22(24)27)28-25-18-33(32-16-8-10-19-9-6-7-13-23(19)32)31-26(30-25)29-20-11-4-2-3-5-12-20/h14-15,17-20,23,28H,2-13,16H2,1H3,(H2,29,30,31). The largest absolute Gasteiger partial charge is 0.494 e. The highest BCUT2D eigenvalue weighted by Crippen LogP contribution is 2.36. The Bertz CT molecular complexity index is 895. The maximum absolute atomic E-state index is 14.3. The molecule has 0 aromatic heterocycles. The van der Waals surface area contributed by atoms with E-state index in [0.717, 1.165) is 37.1 Å². The Kier molecular flexibility index (Phi) is 7.42. The lowest BCUT2D eigenvalue weighted by atomic mass is 9.79. The number of methoxy groups -OCH3 is 1. The first-order chi connectivity index (χ1) is 16.7. The third-order valence-corrected chi connectivity index (χ3v) is 7.78. The van der Waals surface area contributed by atoms with Crippen molar-refractivity contribution in [2.45, 2.75) is 89.1 Å². The molecule has 0 amide bonds. The van der Waals surface area contributed by atoms with Crippen LogP contribution in [0.4, 0.5) is 10.1 Å². The van der Waals surface area contributed by atoms with Crippen LogP contribution in [0.2, 0.25) is 0 Å². The molecule has 1 aromatic carbocycles. The summed E-state index contributed by atoms with van der Waals surface area (Å²) in [5.74, 6) is 2.18. The van der Waals surface area contributed by atoms with Gasteiger partial charge in [-0.3, -0.25) is 5.43 Å². The van der Waals surface area contributed by atoms with Crippen LogP contribution in [0.3, 0.4) is 0 Å². The number of aliphatic imine (C=N–C) groups is 1. The Morgan fingerprint density at radius 2 is 1.76 bits per heavy atom. The van der Waals surface area contributed by atoms with Gasteiger partial charge in [-0.05, 0) is 56.6 Å². The van der Waals surface area contributed by atoms with Crippen molar-refractivity contribution >= 4 is 11.6 Å². The second-order valence-corrected chi connectivity index (χ2v) is 10.1. The van der Waals surface area contributed by atoms with Gasteiger partial charge in [0.05, 0.1) is 19.4 Å². The first-order valence-corrected chi connectivity index (χ1v) is 13.2. The zero-order chi connectivity index (χ0) is 23.3. The summed E-state index contributed by atoms with van der Waals surface area (Å²) in [6.07, 6.45) is 17.2. The molecule has 1 saturated heterocycles. The van der Waals surface area contributed by atoms with Crippen molar-refractivity contribution in [1.29, 1.82) is 0 Å². The molecule has 8 heteroatoms. The van der Waals surface area contributed by atoms with E-state index in [1.54, 1.807) is 6.07 Å². The maximum atomic E-state index is 14.3. The van der Waals surface area contributed by atoms with Gasteiger partial charge in [0.1, 0.15) is 5.82 Å². The van der Waals surface area contributed by atoms with Gasteiger partial charge in [-0.1, -0.05) is 38.5 Å². The first kappa shape index (κ1) is 23.3. The summed E-state index contributed by atoms with van der Waals surface area (Å²) in [4.78, 5) is 5.09. The van der Waals surface area contributed by atoms with E-state index >= 15 is 0 Å². The summed E-state index contributed by atoms with van der Waals surface area (Å²) in [6.45, 7) is 1.03. The molecule has 3 fully saturated rings. The van der Waals surface area contributed by atoms with Crippen LogP contribution in [0.5, 0.6) is 5.75 Å². The highest BCUT2D eigenvalue weighted by molar-refractivity contribution is 5.83. The van der Waals surface area contributed by atoms with E-state index in [1.165, 1.54) is 77.4 Å². The molecule has 1 aromatic rings. The predicted molar refractivity (Wildman–Crippen MR) is 133 cm³/mol. The van der Waals surface area contributed by atoms with Crippen LogP contribution in [0.15, 0.2) is 35.2 Å². The van der Waals surface area contributed by atoms with Crippen LogP contribution in [-0.2, 0) is 0 Å². The summed E-state index contributed by atoms with van der Waals surface area (Å²) in [5, 5.41) is 11.4. The third kappa shape index (κ3) is 5.43. The summed E-state index contributed by atoms with van der Waals surface area (Å²) in [6, 6.07) is 5.84. The molecule has 4 aliphatic rings. The average Bonchev–Trinajstić information content (AvgIpc) is 3.12. The molecule has 7 nitrogen and oxygen atoms in total. The number of halogens is 1. The van der Waals surface area contributed by atoms with Gasteiger partial charge in [0.25, 0.3) is 0 Å². The Labute approximate surface area is 202 Å². The molecule has 34 heavy (non-hydrogen) atoms. The van der Waals surface area contributed by atoms with E-state index < -0.39 is 0 Å². The lowest BCUT2D eigenvalue weighted by molar-refractivity contribution is -0.0978. The Balaban J connectivity index is 1.39. The number of anilines is 1. The molecule has 0 spiro atoms. The topological polar surface area (TPSA) is 64.2 Å². The Morgan fingerprint density at radius 3 is 2.56 bits per heavy atom. The molecule has 5 rings (SSSR count). The fourth-order valence-corrected chi connectivity index (χ4v) is 6.05. The fourth-order valence-electron chi connectivity index (χ4n) is 6.05. The number of nitrogens with zero attached hydrogens (tertiary/aromatic N) is 3. The summed E-state index contributed by atoms with van der Waals surface area (Å²) in [5.41, 5.74) is 4.23. The molecule has 3 N–H and O–H groups in total. The number of hydrogen-bond acceptors (Lipinski definition) is 5. The van der Waals surface area contributed by atoms with Gasteiger partial charge in [0, 0.05) is 24.3 Å². The molecule has 2 aliphatic carbocycles. The second-order valence-electron chi connectivity index (χ2n) is 10.1. The van der Waals surface area contributed by atoms with Gasteiger partial charge in [-0.15, -0.1) is 0 Å². The lowest BCUT2D eigenvalue weighted by Crippen LogP contribution is -2.63. The number of ether oxygens (including phenoxy) is 1. The highest BCUT2D eigenvalue weighted by Gasteiger charge is 2.37. The number of benzene rings is 1. The predicted octanol–water partition coefficient (Wildman–Crippen LogP) is 5.10. The zero-order valence-electron chi connectivity index (χ0n) is 20.4. The van der Waals surface area contributed by atoms with Gasteiger partial charge < -0.3 is 15.4 Å². The van der Waals surface area contributed by atoms with Crippen molar-refractivity contribution in [2.75, 3.05) is 19.0 Å². The number of piperidine rings is 1. The molecule has 186 valence electrons. The lowest BCUT2D eigenvalue weighted by Gasteiger charge is -2.49. The molecule has 2 saturated carbocycles. The Hall–Kier alpha value is -2.48. The van der Waals surface area contributed by atoms with Gasteiger partial charge in [0.2, 0.25) is 5.96 Å². The summed E-state index contributed by atoms with van der Waals surface area (Å²) < 4.78 is 19.4. The number of rotatable bonds is 5. The number of nitrogens with one attached hydrogen (secondary N) is 3. The van der Waals surface area contributed by atoms with Crippen LogP contribution < -0.4 is 20.8 Å². The second kappa shape index (κ2) is 10.8. The van der Waals surface area contributed by atoms with Crippen LogP contribution in [0.1, 0.15) is 77.0 Å². The minimum Gasteiger partial charge on any atom is -0.494 e. The van der Waals surface area contributed by atoms with Crippen molar-refractivity contribution < 1.29 is 9.13 Å². The van der Waals surface area contributed by atoms with Gasteiger partial charge in [-0.25, -0.2) is 14.5 Å². The van der Waals surface area contributed by atoms with E-state index in [9.17, 15) is 4.39 Å². The van der Waals surface area contributed by atoms with Gasteiger partial charge >= 0.3 is 0 Å². The van der Waals surface area contributed by atoms with E-state index in [2.05, 4.69) is 26.2 Å². The summed E-state index contributed by atoms with van der Waals surface area (Å²) in [7, 11) is 1.48. The van der Waals surface area contributed by atoms with Crippen molar-refractivity contribution in [3.63, 3.8) is 0 Å². The number of guanidine groups is 1. The van der Waals surface area contributed by atoms with Crippen LogP contribution >= 0.6 is 0 Å². The van der Waals surface area contributed by atoms with Crippen LogP contribution in [0.25, 0.3) is 0 Å².